The lowest BCUT2D eigenvalue weighted by Crippen LogP contribution is -2.47. The highest BCUT2D eigenvalue weighted by molar-refractivity contribution is 7.45. The Hall–Kier alpha value is -2.55. The van der Waals surface area contributed by atoms with Crippen LogP contribution in [0.15, 0.2) is 72.9 Å². The maximum atomic E-state index is 13.5. The number of phosphoric acid groups is 1. The summed E-state index contributed by atoms with van der Waals surface area (Å²) in [5, 5.41) is 3.02. The highest BCUT2D eigenvalue weighted by Crippen LogP contribution is 2.38. The summed E-state index contributed by atoms with van der Waals surface area (Å²) in [6.07, 6.45) is 68.6. The van der Waals surface area contributed by atoms with Crippen molar-refractivity contribution in [3.8, 4) is 0 Å². The number of allylic oxidation sites excluding steroid dienone is 11. The number of carbonyl (C=O) groups excluding carboxylic acids is 2. The molecule has 0 heterocycles. The number of rotatable bonds is 55. The molecule has 10 heteroatoms. The third kappa shape index (κ3) is 54.2. The van der Waals surface area contributed by atoms with Gasteiger partial charge in [0.05, 0.1) is 33.8 Å². The molecule has 3 unspecified atom stereocenters. The van der Waals surface area contributed by atoms with Crippen molar-refractivity contribution in [3.05, 3.63) is 72.9 Å². The molecule has 0 rings (SSSR count). The summed E-state index contributed by atoms with van der Waals surface area (Å²) in [5.74, 6) is -0.550. The number of nitrogens with zero attached hydrogens (tertiary/aromatic N) is 1. The van der Waals surface area contributed by atoms with E-state index < -0.39 is 26.6 Å². The molecule has 0 fully saturated rings. The van der Waals surface area contributed by atoms with E-state index in [-0.39, 0.29) is 24.9 Å². The molecule has 74 heavy (non-hydrogen) atoms. The molecule has 0 aliphatic carbocycles. The van der Waals surface area contributed by atoms with Gasteiger partial charge in [-0.05, 0) is 76.7 Å². The summed E-state index contributed by atoms with van der Waals surface area (Å²) >= 11 is 0. The molecule has 9 nitrogen and oxygen atoms in total. The Balaban J connectivity index is 5.19. The Bertz CT molecular complexity index is 1500. The van der Waals surface area contributed by atoms with Crippen LogP contribution in [-0.2, 0) is 27.9 Å². The van der Waals surface area contributed by atoms with Gasteiger partial charge in [-0.15, -0.1) is 0 Å². The highest BCUT2D eigenvalue weighted by Gasteiger charge is 2.27. The first-order valence-electron chi connectivity index (χ1n) is 30.7. The summed E-state index contributed by atoms with van der Waals surface area (Å²) in [4.78, 5) is 39.9. The zero-order chi connectivity index (χ0) is 54.3. The summed E-state index contributed by atoms with van der Waals surface area (Å²) in [5.41, 5.74) is 0. The van der Waals surface area contributed by atoms with E-state index in [0.717, 1.165) is 103 Å². The Kier molecular flexibility index (Phi) is 52.0. The molecule has 430 valence electrons. The van der Waals surface area contributed by atoms with E-state index in [1.165, 1.54) is 135 Å². The lowest BCUT2D eigenvalue weighted by Gasteiger charge is -2.30. The summed E-state index contributed by atoms with van der Waals surface area (Å²) < 4.78 is 30.3. The molecule has 0 aliphatic rings. The van der Waals surface area contributed by atoms with Crippen molar-refractivity contribution in [2.75, 3.05) is 40.9 Å². The second kappa shape index (κ2) is 53.8. The number of amides is 1. The molecule has 3 atom stereocenters. The Labute approximate surface area is 457 Å². The van der Waals surface area contributed by atoms with Crippen molar-refractivity contribution >= 4 is 19.7 Å². The topological polar surface area (TPSA) is 114 Å². The fourth-order valence-electron chi connectivity index (χ4n) is 8.67. The number of carbonyl (C=O) groups is 2. The monoisotopic (exact) mass is 1060 g/mol. The van der Waals surface area contributed by atoms with Gasteiger partial charge in [0.1, 0.15) is 19.3 Å². The summed E-state index contributed by atoms with van der Waals surface area (Å²) in [7, 11) is 1.18. The van der Waals surface area contributed by atoms with Gasteiger partial charge in [0.25, 0.3) is 7.82 Å². The van der Waals surface area contributed by atoms with Gasteiger partial charge in [-0.1, -0.05) is 255 Å². The van der Waals surface area contributed by atoms with E-state index in [1.807, 2.05) is 33.3 Å². The first-order valence-corrected chi connectivity index (χ1v) is 32.2. The van der Waals surface area contributed by atoms with Crippen LogP contribution in [0.5, 0.6) is 0 Å². The minimum atomic E-state index is -4.70. The average molecular weight is 1060 g/mol. The zero-order valence-corrected chi connectivity index (χ0v) is 49.9. The second-order valence-corrected chi connectivity index (χ2v) is 23.2. The van der Waals surface area contributed by atoms with E-state index in [9.17, 15) is 19.0 Å². The smallest absolute Gasteiger partial charge is 0.306 e. The lowest BCUT2D eigenvalue weighted by atomic mass is 10.0. The normalized spacial score (nSPS) is 14.2. The largest absolute Gasteiger partial charge is 0.756 e. The SMILES string of the molecule is CC/C=C\C/C=C\C/C=C\C/C=C\C/C=C\CCCCCCCCCC(=O)NC(COP(=O)([O-])OCC[N+](C)(C)C)C(/C=C\CCCCCCCCCCC)OC(=O)CCCCCCCCCCCCCCCC. The zero-order valence-electron chi connectivity index (χ0n) is 49.0. The van der Waals surface area contributed by atoms with Crippen molar-refractivity contribution in [2.24, 2.45) is 0 Å². The number of likely N-dealkylation sites (N-methyl/N-ethyl adjacent to an activating group) is 1. The molecule has 0 aliphatic heterocycles. The third-order valence-corrected chi connectivity index (χ3v) is 14.4. The molecule has 0 bridgehead atoms. The molecule has 0 aromatic heterocycles. The molecule has 1 amide bonds. The first-order chi connectivity index (χ1) is 35.9. The third-order valence-electron chi connectivity index (χ3n) is 13.4. The fourth-order valence-corrected chi connectivity index (χ4v) is 9.39. The van der Waals surface area contributed by atoms with Crippen molar-refractivity contribution in [3.63, 3.8) is 0 Å². The number of quaternary nitrogens is 1. The molecule has 0 aromatic carbocycles. The highest BCUT2D eigenvalue weighted by atomic mass is 31.2. The van der Waals surface area contributed by atoms with Crippen LogP contribution in [-0.4, -0.2) is 69.4 Å². The van der Waals surface area contributed by atoms with E-state index >= 15 is 0 Å². The van der Waals surface area contributed by atoms with Gasteiger partial charge in [0.2, 0.25) is 5.91 Å². The van der Waals surface area contributed by atoms with Gasteiger partial charge < -0.3 is 28.5 Å². The maximum absolute atomic E-state index is 13.5. The van der Waals surface area contributed by atoms with E-state index in [2.05, 4.69) is 86.8 Å². The number of phosphoric ester groups is 1. The van der Waals surface area contributed by atoms with Crippen LogP contribution < -0.4 is 10.2 Å². The van der Waals surface area contributed by atoms with Gasteiger partial charge in [0.15, 0.2) is 0 Å². The molecule has 0 aromatic rings. The molecular formula is C64H117N2O7P. The van der Waals surface area contributed by atoms with Gasteiger partial charge in [-0.3, -0.25) is 14.2 Å². The van der Waals surface area contributed by atoms with E-state index in [1.54, 1.807) is 0 Å². The number of hydrogen-bond acceptors (Lipinski definition) is 7. The van der Waals surface area contributed by atoms with E-state index in [4.69, 9.17) is 13.8 Å². The molecule has 0 radical (unpaired) electrons. The van der Waals surface area contributed by atoms with Gasteiger partial charge >= 0.3 is 5.97 Å². The van der Waals surface area contributed by atoms with Crippen LogP contribution in [0.4, 0.5) is 0 Å². The molecule has 1 N–H and O–H groups in total. The number of esters is 1. The second-order valence-electron chi connectivity index (χ2n) is 21.8. The van der Waals surface area contributed by atoms with Crippen molar-refractivity contribution in [2.45, 2.75) is 283 Å². The first kappa shape index (κ1) is 71.5. The van der Waals surface area contributed by atoms with Crippen LogP contribution in [0.25, 0.3) is 0 Å². The summed E-state index contributed by atoms with van der Waals surface area (Å²) in [6, 6.07) is -0.894. The van der Waals surface area contributed by atoms with Crippen LogP contribution in [0, 0.1) is 0 Å². The molecular weight excluding hydrogens is 940 g/mol. The standard InChI is InChI=1S/C64H117N2O7P/c1-7-10-13-16-19-22-25-27-29-30-31-32-33-34-35-36-37-38-41-44-47-50-53-56-63(67)65-61(60-72-74(69,70)71-59-58-66(4,5)6)62(55-52-49-46-43-40-24-21-18-15-12-9-3)73-64(68)57-54-51-48-45-42-39-28-26-23-20-17-14-11-8-2/h10,13,19,22,27,29,31-32,34-35,52,55,61-62H,7-9,11-12,14-18,20-21,23-26,28,30,33,36-51,53-54,56-60H2,1-6H3,(H-,65,67,69,70)/b13-10-,22-19-,29-27-,32-31-,35-34-,55-52-. The van der Waals surface area contributed by atoms with Crippen LogP contribution in [0.1, 0.15) is 271 Å². The van der Waals surface area contributed by atoms with Crippen LogP contribution in [0.3, 0.4) is 0 Å². The van der Waals surface area contributed by atoms with E-state index in [0.29, 0.717) is 17.4 Å². The predicted octanol–water partition coefficient (Wildman–Crippen LogP) is 18.2. The Morgan fingerprint density at radius 1 is 0.486 bits per heavy atom. The van der Waals surface area contributed by atoms with Gasteiger partial charge in [-0.2, -0.15) is 0 Å². The number of nitrogens with one attached hydrogen (secondary N) is 1. The fraction of sp³-hybridized carbons (Fsp3) is 0.781. The molecule has 0 saturated heterocycles. The van der Waals surface area contributed by atoms with Crippen molar-refractivity contribution in [1.82, 2.24) is 5.32 Å². The number of unbranched alkanes of at least 4 members (excludes halogenated alkanes) is 29. The predicted molar refractivity (Wildman–Crippen MR) is 316 cm³/mol. The molecule has 0 spiro atoms. The average Bonchev–Trinajstić information content (AvgIpc) is 3.36. The quantitative estimate of drug-likeness (QED) is 0.0212. The minimum Gasteiger partial charge on any atom is -0.756 e. The molecule has 0 saturated carbocycles. The Morgan fingerprint density at radius 3 is 1.30 bits per heavy atom. The van der Waals surface area contributed by atoms with Crippen LogP contribution >= 0.6 is 7.82 Å². The van der Waals surface area contributed by atoms with Gasteiger partial charge in [-0.25, -0.2) is 0 Å². The number of hydrogen-bond donors (Lipinski definition) is 1. The van der Waals surface area contributed by atoms with Crippen LogP contribution in [0.2, 0.25) is 0 Å². The van der Waals surface area contributed by atoms with Crippen molar-refractivity contribution < 1.29 is 37.3 Å². The maximum Gasteiger partial charge on any atom is 0.306 e. The number of ether oxygens (including phenoxy) is 1. The van der Waals surface area contributed by atoms with Crippen molar-refractivity contribution in [1.29, 1.82) is 0 Å². The lowest BCUT2D eigenvalue weighted by molar-refractivity contribution is -0.870. The minimum absolute atomic E-state index is 0.0259. The summed E-state index contributed by atoms with van der Waals surface area (Å²) in [6.45, 7) is 6.72. The Morgan fingerprint density at radius 2 is 0.865 bits per heavy atom. The van der Waals surface area contributed by atoms with Gasteiger partial charge in [0, 0.05) is 12.8 Å².